The number of carbonyl (C=O) groups excluding carboxylic acids is 2. The second-order valence-electron chi connectivity index (χ2n) is 9.39. The number of hydrogen-bond acceptors (Lipinski definition) is 5. The van der Waals surface area contributed by atoms with Crippen LogP contribution in [0.2, 0.25) is 0 Å². The van der Waals surface area contributed by atoms with Gasteiger partial charge in [-0.15, -0.1) is 0 Å². The molecule has 8 heteroatoms. The first kappa shape index (κ1) is 24.0. The van der Waals surface area contributed by atoms with E-state index in [-0.39, 0.29) is 5.57 Å². The highest BCUT2D eigenvalue weighted by Crippen LogP contribution is 2.39. The molecule has 2 aromatic carbocycles. The van der Waals surface area contributed by atoms with Gasteiger partial charge in [-0.25, -0.2) is 4.68 Å². The normalized spacial score (nSPS) is 20.3. The molecule has 1 N–H and O–H groups in total. The third kappa shape index (κ3) is 4.45. The molecule has 1 amide bonds. The first-order valence-corrected chi connectivity index (χ1v) is 12.3. The Morgan fingerprint density at radius 2 is 1.75 bits per heavy atom. The van der Waals surface area contributed by atoms with Gasteiger partial charge in [0.25, 0.3) is 5.91 Å². The summed E-state index contributed by atoms with van der Waals surface area (Å²) in [5, 5.41) is 18.3. The second kappa shape index (κ2) is 10.1. The summed E-state index contributed by atoms with van der Waals surface area (Å²) in [7, 11) is 0. The molecule has 186 valence electrons. The lowest BCUT2D eigenvalue weighted by Crippen LogP contribution is -3.14. The zero-order valence-corrected chi connectivity index (χ0v) is 20.6. The third-order valence-corrected chi connectivity index (χ3v) is 7.08. The smallest absolute Gasteiger partial charge is 0.295 e. The average molecular weight is 487 g/mol. The molecule has 2 fully saturated rings. The summed E-state index contributed by atoms with van der Waals surface area (Å²) in [6.07, 6.45) is 1.49. The highest BCUT2D eigenvalue weighted by molar-refractivity contribution is 6.46. The van der Waals surface area contributed by atoms with Crippen LogP contribution in [0.5, 0.6) is 0 Å². The molecule has 3 heterocycles. The van der Waals surface area contributed by atoms with Gasteiger partial charge >= 0.3 is 0 Å². The molecule has 0 radical (unpaired) electrons. The summed E-state index contributed by atoms with van der Waals surface area (Å²) in [5.74, 6) is -1.79. The molecule has 1 atom stereocenters. The van der Waals surface area contributed by atoms with E-state index in [0.29, 0.717) is 37.6 Å². The first-order chi connectivity index (χ1) is 17.5. The van der Waals surface area contributed by atoms with Gasteiger partial charge in [-0.1, -0.05) is 53.8 Å². The van der Waals surface area contributed by atoms with Crippen molar-refractivity contribution in [3.8, 4) is 5.69 Å². The summed E-state index contributed by atoms with van der Waals surface area (Å²) >= 11 is 0. The van der Waals surface area contributed by atoms with Gasteiger partial charge in [0.05, 0.1) is 44.2 Å². The van der Waals surface area contributed by atoms with Crippen molar-refractivity contribution in [2.24, 2.45) is 0 Å². The van der Waals surface area contributed by atoms with E-state index in [4.69, 9.17) is 4.74 Å². The summed E-state index contributed by atoms with van der Waals surface area (Å²) in [6.45, 7) is 7.95. The van der Waals surface area contributed by atoms with Crippen LogP contribution in [0.4, 0.5) is 0 Å². The van der Waals surface area contributed by atoms with Crippen LogP contribution < -0.4 is 10.0 Å². The Morgan fingerprint density at radius 3 is 2.44 bits per heavy atom. The molecular formula is C28H30N4O4. The van der Waals surface area contributed by atoms with E-state index in [0.717, 1.165) is 29.9 Å². The molecule has 36 heavy (non-hydrogen) atoms. The number of carbonyl (C=O) groups is 2. The number of nitrogens with one attached hydrogen (secondary N) is 1. The van der Waals surface area contributed by atoms with E-state index < -0.39 is 23.5 Å². The molecule has 2 saturated heterocycles. The van der Waals surface area contributed by atoms with E-state index in [1.807, 2.05) is 61.5 Å². The summed E-state index contributed by atoms with van der Waals surface area (Å²) in [4.78, 5) is 29.4. The lowest BCUT2D eigenvalue weighted by molar-refractivity contribution is -0.907. The van der Waals surface area contributed by atoms with Gasteiger partial charge in [-0.2, -0.15) is 5.10 Å². The van der Waals surface area contributed by atoms with E-state index in [9.17, 15) is 14.7 Å². The fourth-order valence-electron chi connectivity index (χ4n) is 4.99. The number of likely N-dealkylation sites (tertiary alicyclic amines) is 1. The monoisotopic (exact) mass is 486 g/mol. The molecular weight excluding hydrogens is 456 g/mol. The van der Waals surface area contributed by atoms with Crippen molar-refractivity contribution in [1.29, 1.82) is 0 Å². The number of aromatic nitrogens is 2. The van der Waals surface area contributed by atoms with Crippen LogP contribution in [-0.4, -0.2) is 65.8 Å². The van der Waals surface area contributed by atoms with E-state index in [1.54, 1.807) is 16.5 Å². The summed E-state index contributed by atoms with van der Waals surface area (Å²) in [6, 6.07) is 16.4. The van der Waals surface area contributed by atoms with Gasteiger partial charge < -0.3 is 19.6 Å². The van der Waals surface area contributed by atoms with Crippen LogP contribution in [0.15, 0.2) is 66.4 Å². The molecule has 5 rings (SSSR count). The Balaban J connectivity index is 1.55. The van der Waals surface area contributed by atoms with Crippen LogP contribution in [-0.2, 0) is 14.3 Å². The molecule has 3 aromatic rings. The number of hydrogen-bond donors (Lipinski definition) is 1. The van der Waals surface area contributed by atoms with Crippen LogP contribution in [0.25, 0.3) is 11.4 Å². The Bertz CT molecular complexity index is 1290. The highest BCUT2D eigenvalue weighted by atomic mass is 16.5. The van der Waals surface area contributed by atoms with Crippen molar-refractivity contribution < 1.29 is 24.3 Å². The molecule has 0 spiro atoms. The van der Waals surface area contributed by atoms with E-state index >= 15 is 0 Å². The maximum atomic E-state index is 13.9. The first-order valence-electron chi connectivity index (χ1n) is 12.3. The Kier molecular flexibility index (Phi) is 6.71. The third-order valence-electron chi connectivity index (χ3n) is 7.08. The maximum Gasteiger partial charge on any atom is 0.295 e. The number of ketones is 1. The number of nitrogens with zero attached hydrogens (tertiary/aromatic N) is 3. The van der Waals surface area contributed by atoms with Crippen LogP contribution in [0.3, 0.4) is 0 Å². The standard InChI is InChI=1S/C28H30N4O4/c1-19-8-10-21(11-9-19)25-24(27(34)28(35)31(25)13-12-30-14-16-36-17-15-30)26(33)23-18-29-32(20(23)2)22-6-4-3-5-7-22/h3-11,18,25,33H,12-17H2,1-2H3. The topological polar surface area (TPSA) is 91.9 Å². The lowest BCUT2D eigenvalue weighted by Gasteiger charge is -2.30. The van der Waals surface area contributed by atoms with Crippen LogP contribution in [0, 0.1) is 13.8 Å². The van der Waals surface area contributed by atoms with Gasteiger partial charge in [-0.05, 0) is 31.5 Å². The fraction of sp³-hybridized carbons (Fsp3) is 0.321. The van der Waals surface area contributed by atoms with E-state index in [1.165, 1.54) is 11.1 Å². The van der Waals surface area contributed by atoms with Crippen molar-refractivity contribution in [2.45, 2.75) is 19.9 Å². The number of amides is 1. The molecule has 1 unspecified atom stereocenters. The number of rotatable bonds is 6. The van der Waals surface area contributed by atoms with Gasteiger partial charge in [-0.3, -0.25) is 9.59 Å². The van der Waals surface area contributed by atoms with Crippen molar-refractivity contribution in [3.63, 3.8) is 0 Å². The molecule has 2 aliphatic heterocycles. The average Bonchev–Trinajstić information content (AvgIpc) is 3.41. The number of morpholine rings is 1. The molecule has 2 aliphatic rings. The van der Waals surface area contributed by atoms with Crippen molar-refractivity contribution in [1.82, 2.24) is 14.7 Å². The van der Waals surface area contributed by atoms with Gasteiger partial charge in [0, 0.05) is 16.8 Å². The summed E-state index contributed by atoms with van der Waals surface area (Å²) in [5.41, 5.74) is 3.58. The Labute approximate surface area is 210 Å². The van der Waals surface area contributed by atoms with Gasteiger partial charge in [0.1, 0.15) is 13.1 Å². The highest BCUT2D eigenvalue weighted by Gasteiger charge is 2.44. The lowest BCUT2D eigenvalue weighted by atomic mass is 9.95. The minimum absolute atomic E-state index is 0.00320. The molecule has 8 nitrogen and oxygen atoms in total. The SMILES string of the molecule is Cc1ccc(C2C(=C([O-])c3cnn(-c4ccccc4)c3C)C(=O)C(=O)N2CC[NH+]2CCOCC2)cc1. The quantitative estimate of drug-likeness (QED) is 0.314. The number of aryl methyl sites for hydroxylation is 1. The zero-order chi connectivity index (χ0) is 25.2. The van der Waals surface area contributed by atoms with Crippen molar-refractivity contribution in [2.75, 3.05) is 39.4 Å². The Hall–Kier alpha value is -3.75. The second-order valence-corrected chi connectivity index (χ2v) is 9.39. The number of ether oxygens (including phenoxy) is 1. The molecule has 0 saturated carbocycles. The number of benzene rings is 2. The zero-order valence-electron chi connectivity index (χ0n) is 20.6. The van der Waals surface area contributed by atoms with E-state index in [2.05, 4.69) is 5.10 Å². The van der Waals surface area contributed by atoms with Crippen LogP contribution >= 0.6 is 0 Å². The van der Waals surface area contributed by atoms with Gasteiger partial charge in [0.15, 0.2) is 0 Å². The Morgan fingerprint density at radius 1 is 1.06 bits per heavy atom. The molecule has 0 aliphatic carbocycles. The maximum absolute atomic E-state index is 13.9. The van der Waals surface area contributed by atoms with Gasteiger partial charge in [0.2, 0.25) is 5.78 Å². The van der Waals surface area contributed by atoms with Crippen molar-refractivity contribution >= 4 is 17.4 Å². The molecule has 1 aromatic heterocycles. The number of para-hydroxylation sites is 1. The predicted molar refractivity (Wildman–Crippen MR) is 132 cm³/mol. The predicted octanol–water partition coefficient (Wildman–Crippen LogP) is 0.628. The fourth-order valence-corrected chi connectivity index (χ4v) is 4.99. The largest absolute Gasteiger partial charge is 0.872 e. The van der Waals surface area contributed by atoms with Crippen molar-refractivity contribution in [3.05, 3.63) is 88.8 Å². The molecule has 0 bridgehead atoms. The van der Waals surface area contributed by atoms with Crippen LogP contribution in [0.1, 0.15) is 28.4 Å². The minimum Gasteiger partial charge on any atom is -0.872 e. The summed E-state index contributed by atoms with van der Waals surface area (Å²) < 4.78 is 7.12. The minimum atomic E-state index is -0.727. The number of quaternary nitrogens is 1. The number of Topliss-reactive ketones (excluding diaryl/α,β-unsaturated/α-hetero) is 1.